The maximum absolute atomic E-state index is 12.9. The van der Waals surface area contributed by atoms with Crippen LogP contribution >= 0.6 is 0 Å². The molecule has 1 aliphatic heterocycles. The highest BCUT2D eigenvalue weighted by Crippen LogP contribution is 2.47. The van der Waals surface area contributed by atoms with E-state index in [4.69, 9.17) is 5.73 Å². The molecule has 1 saturated heterocycles. The van der Waals surface area contributed by atoms with Gasteiger partial charge in [0.2, 0.25) is 11.8 Å². The molecule has 4 nitrogen and oxygen atoms in total. The summed E-state index contributed by atoms with van der Waals surface area (Å²) in [7, 11) is 0. The first-order chi connectivity index (χ1) is 9.68. The Morgan fingerprint density at radius 1 is 1.05 bits per heavy atom. The van der Waals surface area contributed by atoms with E-state index in [1.165, 1.54) is 12.8 Å². The van der Waals surface area contributed by atoms with Gasteiger partial charge in [0.25, 0.3) is 0 Å². The smallest absolute Gasteiger partial charge is 0.236 e. The summed E-state index contributed by atoms with van der Waals surface area (Å²) >= 11 is 0. The van der Waals surface area contributed by atoms with Crippen molar-refractivity contribution < 1.29 is 9.59 Å². The number of imide groups is 1. The second-order valence-corrected chi connectivity index (χ2v) is 6.93. The highest BCUT2D eigenvalue weighted by molar-refractivity contribution is 6.06. The molecule has 112 valence electrons. The zero-order chi connectivity index (χ0) is 14.2. The van der Waals surface area contributed by atoms with E-state index in [2.05, 4.69) is 0 Å². The van der Waals surface area contributed by atoms with Gasteiger partial charge in [0.15, 0.2) is 0 Å². The van der Waals surface area contributed by atoms with Crippen LogP contribution in [0.25, 0.3) is 0 Å². The summed E-state index contributed by atoms with van der Waals surface area (Å²) in [4.78, 5) is 27.0. The molecule has 2 saturated carbocycles. The minimum Gasteiger partial charge on any atom is -0.330 e. The normalized spacial score (nSPS) is 34.0. The molecule has 4 heteroatoms. The largest absolute Gasteiger partial charge is 0.330 e. The summed E-state index contributed by atoms with van der Waals surface area (Å²) in [6.07, 6.45) is 9.99. The molecule has 0 aromatic carbocycles. The van der Waals surface area contributed by atoms with Crippen molar-refractivity contribution in [1.82, 2.24) is 4.90 Å². The highest BCUT2D eigenvalue weighted by atomic mass is 16.2. The fraction of sp³-hybridized carbons (Fsp3) is 0.875. The number of amides is 2. The van der Waals surface area contributed by atoms with Gasteiger partial charge in [0.1, 0.15) is 0 Å². The molecule has 0 aromatic rings. The van der Waals surface area contributed by atoms with Gasteiger partial charge >= 0.3 is 0 Å². The van der Waals surface area contributed by atoms with E-state index in [9.17, 15) is 9.59 Å². The van der Waals surface area contributed by atoms with Crippen LogP contribution in [0.4, 0.5) is 0 Å². The minimum atomic E-state index is -0.341. The Morgan fingerprint density at radius 3 is 2.45 bits per heavy atom. The van der Waals surface area contributed by atoms with Crippen LogP contribution in [0.3, 0.4) is 0 Å². The van der Waals surface area contributed by atoms with Gasteiger partial charge < -0.3 is 5.73 Å². The fourth-order valence-electron chi connectivity index (χ4n) is 4.58. The number of nitrogens with two attached hydrogens (primary N) is 1. The SMILES string of the molecule is NCC1CCCCC1N1C(=O)CC2(CCCCC2)C1=O. The Bertz CT molecular complexity index is 401. The molecule has 3 aliphatic rings. The van der Waals surface area contributed by atoms with E-state index in [-0.39, 0.29) is 23.3 Å². The Kier molecular flexibility index (Phi) is 3.85. The predicted molar refractivity (Wildman–Crippen MR) is 76.8 cm³/mol. The molecule has 2 aliphatic carbocycles. The lowest BCUT2D eigenvalue weighted by atomic mass is 9.73. The molecule has 0 radical (unpaired) electrons. The van der Waals surface area contributed by atoms with Gasteiger partial charge in [-0.15, -0.1) is 0 Å². The second-order valence-electron chi connectivity index (χ2n) is 6.93. The van der Waals surface area contributed by atoms with Crippen LogP contribution in [0.15, 0.2) is 0 Å². The quantitative estimate of drug-likeness (QED) is 0.788. The van der Waals surface area contributed by atoms with Crippen molar-refractivity contribution in [3.05, 3.63) is 0 Å². The van der Waals surface area contributed by atoms with Crippen LogP contribution < -0.4 is 5.73 Å². The molecule has 3 fully saturated rings. The van der Waals surface area contributed by atoms with Gasteiger partial charge in [-0.1, -0.05) is 32.1 Å². The number of hydrogen-bond donors (Lipinski definition) is 1. The van der Waals surface area contributed by atoms with Crippen LogP contribution in [-0.2, 0) is 9.59 Å². The molecule has 2 amide bonds. The zero-order valence-electron chi connectivity index (χ0n) is 12.3. The van der Waals surface area contributed by atoms with Crippen molar-refractivity contribution in [1.29, 1.82) is 0 Å². The van der Waals surface area contributed by atoms with E-state index in [1.807, 2.05) is 0 Å². The summed E-state index contributed by atoms with van der Waals surface area (Å²) in [5, 5.41) is 0. The predicted octanol–water partition coefficient (Wildman–Crippen LogP) is 2.21. The van der Waals surface area contributed by atoms with Crippen molar-refractivity contribution in [3.8, 4) is 0 Å². The van der Waals surface area contributed by atoms with E-state index < -0.39 is 0 Å². The summed E-state index contributed by atoms with van der Waals surface area (Å²) in [6.45, 7) is 0.592. The van der Waals surface area contributed by atoms with Gasteiger partial charge in [-0.3, -0.25) is 14.5 Å². The highest BCUT2D eigenvalue weighted by Gasteiger charge is 2.54. The van der Waals surface area contributed by atoms with Gasteiger partial charge in [0.05, 0.1) is 5.41 Å². The third kappa shape index (κ3) is 2.18. The Labute approximate surface area is 121 Å². The lowest BCUT2D eigenvalue weighted by Crippen LogP contribution is -2.49. The standard InChI is InChI=1S/C16H26N2O2/c17-11-12-6-2-3-7-13(12)18-14(19)10-16(15(18)20)8-4-1-5-9-16/h12-13H,1-11,17H2. The Morgan fingerprint density at radius 2 is 1.75 bits per heavy atom. The van der Waals surface area contributed by atoms with E-state index >= 15 is 0 Å². The molecule has 2 atom stereocenters. The summed E-state index contributed by atoms with van der Waals surface area (Å²) in [5.74, 6) is 0.519. The van der Waals surface area contributed by atoms with Crippen LogP contribution in [0, 0.1) is 11.3 Å². The second kappa shape index (κ2) is 5.47. The Hall–Kier alpha value is -0.900. The van der Waals surface area contributed by atoms with Crippen LogP contribution in [0.1, 0.15) is 64.2 Å². The number of carbonyl (C=O) groups excluding carboxylic acids is 2. The number of nitrogens with zero attached hydrogens (tertiary/aromatic N) is 1. The van der Waals surface area contributed by atoms with Crippen LogP contribution in [0.5, 0.6) is 0 Å². The number of hydrogen-bond acceptors (Lipinski definition) is 3. The van der Waals surface area contributed by atoms with Crippen molar-refractivity contribution in [2.24, 2.45) is 17.1 Å². The molecule has 20 heavy (non-hydrogen) atoms. The number of rotatable bonds is 2. The molecule has 0 bridgehead atoms. The average molecular weight is 278 g/mol. The summed E-state index contributed by atoms with van der Waals surface area (Å²) < 4.78 is 0. The average Bonchev–Trinajstić information content (AvgIpc) is 2.71. The topological polar surface area (TPSA) is 63.4 Å². The van der Waals surface area contributed by atoms with Crippen molar-refractivity contribution in [2.45, 2.75) is 70.3 Å². The maximum atomic E-state index is 12.9. The summed E-state index contributed by atoms with van der Waals surface area (Å²) in [6, 6.07) is 0.0788. The maximum Gasteiger partial charge on any atom is 0.236 e. The van der Waals surface area contributed by atoms with Crippen LogP contribution in [-0.4, -0.2) is 29.3 Å². The molecule has 1 heterocycles. The Balaban J connectivity index is 1.82. The van der Waals surface area contributed by atoms with E-state index in [1.54, 1.807) is 4.90 Å². The molecule has 0 aromatic heterocycles. The fourth-order valence-corrected chi connectivity index (χ4v) is 4.58. The first kappa shape index (κ1) is 14.1. The summed E-state index contributed by atoms with van der Waals surface area (Å²) in [5.41, 5.74) is 5.53. The van der Waals surface area contributed by atoms with Crippen LogP contribution in [0.2, 0.25) is 0 Å². The van der Waals surface area contributed by atoms with Gasteiger partial charge in [-0.05, 0) is 38.1 Å². The minimum absolute atomic E-state index is 0.0715. The monoisotopic (exact) mass is 278 g/mol. The lowest BCUT2D eigenvalue weighted by molar-refractivity contribution is -0.146. The third-order valence-corrected chi connectivity index (χ3v) is 5.74. The van der Waals surface area contributed by atoms with Gasteiger partial charge in [0, 0.05) is 12.5 Å². The molecular weight excluding hydrogens is 252 g/mol. The molecule has 2 N–H and O–H groups in total. The molecular formula is C16H26N2O2. The molecule has 1 spiro atoms. The number of carbonyl (C=O) groups is 2. The van der Waals surface area contributed by atoms with E-state index in [0.717, 1.165) is 44.9 Å². The number of likely N-dealkylation sites (tertiary alicyclic amines) is 1. The van der Waals surface area contributed by atoms with Gasteiger partial charge in [-0.25, -0.2) is 0 Å². The molecule has 2 unspecified atom stereocenters. The first-order valence-corrected chi connectivity index (χ1v) is 8.24. The zero-order valence-corrected chi connectivity index (χ0v) is 12.3. The van der Waals surface area contributed by atoms with Gasteiger partial charge in [-0.2, -0.15) is 0 Å². The third-order valence-electron chi connectivity index (χ3n) is 5.74. The molecule has 3 rings (SSSR count). The van der Waals surface area contributed by atoms with Crippen molar-refractivity contribution in [3.63, 3.8) is 0 Å². The van der Waals surface area contributed by atoms with Crippen molar-refractivity contribution in [2.75, 3.05) is 6.54 Å². The first-order valence-electron chi connectivity index (χ1n) is 8.24. The van der Waals surface area contributed by atoms with E-state index in [0.29, 0.717) is 18.9 Å². The van der Waals surface area contributed by atoms with Crippen molar-refractivity contribution >= 4 is 11.8 Å². The lowest BCUT2D eigenvalue weighted by Gasteiger charge is -2.38.